The number of thiophene rings is 1. The minimum absolute atomic E-state index is 0.0202. The van der Waals surface area contributed by atoms with Crippen molar-refractivity contribution in [1.29, 1.82) is 0 Å². The summed E-state index contributed by atoms with van der Waals surface area (Å²) in [6.45, 7) is 3.61. The molecule has 21 heavy (non-hydrogen) atoms. The Morgan fingerprint density at radius 3 is 2.57 bits per heavy atom. The zero-order chi connectivity index (χ0) is 16.0. The van der Waals surface area contributed by atoms with Crippen molar-refractivity contribution in [3.8, 4) is 0 Å². The molecule has 0 aromatic carbocycles. The first kappa shape index (κ1) is 17.1. The average Bonchev–Trinajstić information content (AvgIpc) is 2.86. The summed E-state index contributed by atoms with van der Waals surface area (Å²) in [5.41, 5.74) is 5.46. The highest BCUT2D eigenvalue weighted by Gasteiger charge is 2.23. The first-order chi connectivity index (χ1) is 9.86. The molecule has 1 unspecified atom stereocenters. The third kappa shape index (κ3) is 4.83. The normalized spacial score (nSPS) is 12.0. The summed E-state index contributed by atoms with van der Waals surface area (Å²) in [6, 6.07) is 0.973. The molecule has 1 heterocycles. The molecule has 0 aliphatic carbocycles. The number of ether oxygens (including phenoxy) is 1. The van der Waals surface area contributed by atoms with E-state index in [1.54, 1.807) is 11.4 Å². The summed E-state index contributed by atoms with van der Waals surface area (Å²) in [5.74, 6) is -1.41. The standard InChI is InChI=1S/C13H19N3O4S/c1-7(2)10(13(19)20-3)15-6-9(17)16-12-8(11(14)18)4-5-21-12/h4-5,7,10,15H,6H2,1-3H3,(H2,14,18)(H,16,17). The molecule has 7 nitrogen and oxygen atoms in total. The lowest BCUT2D eigenvalue weighted by Crippen LogP contribution is -2.45. The molecule has 0 aliphatic rings. The van der Waals surface area contributed by atoms with Crippen molar-refractivity contribution < 1.29 is 19.1 Å². The lowest BCUT2D eigenvalue weighted by atomic mass is 10.0. The van der Waals surface area contributed by atoms with Crippen molar-refractivity contribution in [2.45, 2.75) is 19.9 Å². The van der Waals surface area contributed by atoms with Crippen molar-refractivity contribution in [2.24, 2.45) is 11.7 Å². The number of hydrogen-bond acceptors (Lipinski definition) is 6. The molecule has 4 N–H and O–H groups in total. The molecule has 2 amide bonds. The van der Waals surface area contributed by atoms with Gasteiger partial charge in [-0.25, -0.2) is 0 Å². The zero-order valence-corrected chi connectivity index (χ0v) is 13.0. The van der Waals surface area contributed by atoms with Crippen LogP contribution in [0.15, 0.2) is 11.4 Å². The van der Waals surface area contributed by atoms with E-state index in [-0.39, 0.29) is 23.9 Å². The highest BCUT2D eigenvalue weighted by Crippen LogP contribution is 2.22. The highest BCUT2D eigenvalue weighted by atomic mass is 32.1. The summed E-state index contributed by atoms with van der Waals surface area (Å²) >= 11 is 1.21. The Bertz CT molecular complexity index is 527. The average molecular weight is 313 g/mol. The van der Waals surface area contributed by atoms with Gasteiger partial charge in [-0.05, 0) is 17.4 Å². The number of nitrogens with two attached hydrogens (primary N) is 1. The first-order valence-corrected chi connectivity index (χ1v) is 7.23. The number of carbonyl (C=O) groups is 3. The number of primary amides is 1. The van der Waals surface area contributed by atoms with Crippen LogP contribution >= 0.6 is 11.3 Å². The van der Waals surface area contributed by atoms with E-state index < -0.39 is 17.9 Å². The van der Waals surface area contributed by atoms with Crippen LogP contribution in [0.5, 0.6) is 0 Å². The van der Waals surface area contributed by atoms with Gasteiger partial charge in [0.1, 0.15) is 11.0 Å². The van der Waals surface area contributed by atoms with Gasteiger partial charge in [-0.3, -0.25) is 19.7 Å². The molecule has 0 saturated heterocycles. The van der Waals surface area contributed by atoms with Crippen LogP contribution in [-0.4, -0.2) is 37.5 Å². The summed E-state index contributed by atoms with van der Waals surface area (Å²) in [6.07, 6.45) is 0. The second-order valence-corrected chi connectivity index (χ2v) is 5.62. The number of anilines is 1. The fourth-order valence-corrected chi connectivity index (χ4v) is 2.50. The van der Waals surface area contributed by atoms with Crippen LogP contribution < -0.4 is 16.4 Å². The molecule has 8 heteroatoms. The fraction of sp³-hybridized carbons (Fsp3) is 0.462. The predicted molar refractivity (Wildman–Crippen MR) is 80.1 cm³/mol. The maximum atomic E-state index is 11.9. The number of nitrogens with one attached hydrogen (secondary N) is 2. The van der Waals surface area contributed by atoms with Crippen LogP contribution in [0.25, 0.3) is 0 Å². The Balaban J connectivity index is 2.59. The van der Waals surface area contributed by atoms with Gasteiger partial charge in [0.15, 0.2) is 0 Å². The smallest absolute Gasteiger partial charge is 0.323 e. The van der Waals surface area contributed by atoms with Crippen molar-refractivity contribution in [3.05, 3.63) is 17.0 Å². The molecular formula is C13H19N3O4S. The van der Waals surface area contributed by atoms with Gasteiger partial charge >= 0.3 is 5.97 Å². The number of esters is 1. The zero-order valence-electron chi connectivity index (χ0n) is 12.1. The molecule has 1 aromatic heterocycles. The van der Waals surface area contributed by atoms with Gasteiger partial charge in [0.05, 0.1) is 19.2 Å². The van der Waals surface area contributed by atoms with Crippen molar-refractivity contribution in [2.75, 3.05) is 19.0 Å². The Morgan fingerprint density at radius 1 is 1.38 bits per heavy atom. The van der Waals surface area contributed by atoms with E-state index in [0.717, 1.165) is 0 Å². The van der Waals surface area contributed by atoms with Crippen LogP contribution in [-0.2, 0) is 14.3 Å². The summed E-state index contributed by atoms with van der Waals surface area (Å²) in [7, 11) is 1.30. The lowest BCUT2D eigenvalue weighted by Gasteiger charge is -2.19. The van der Waals surface area contributed by atoms with E-state index in [1.807, 2.05) is 13.8 Å². The molecule has 0 radical (unpaired) electrons. The third-order valence-electron chi connectivity index (χ3n) is 2.79. The van der Waals surface area contributed by atoms with E-state index in [1.165, 1.54) is 18.4 Å². The monoisotopic (exact) mass is 313 g/mol. The third-order valence-corrected chi connectivity index (χ3v) is 3.62. The van der Waals surface area contributed by atoms with E-state index in [4.69, 9.17) is 5.73 Å². The van der Waals surface area contributed by atoms with E-state index in [9.17, 15) is 14.4 Å². The first-order valence-electron chi connectivity index (χ1n) is 6.35. The number of hydrogen-bond donors (Lipinski definition) is 3. The minimum Gasteiger partial charge on any atom is -0.468 e. The maximum Gasteiger partial charge on any atom is 0.323 e. The van der Waals surface area contributed by atoms with Crippen LogP contribution in [0.3, 0.4) is 0 Å². The molecule has 0 aliphatic heterocycles. The molecule has 0 fully saturated rings. The van der Waals surface area contributed by atoms with Crippen LogP contribution in [0.2, 0.25) is 0 Å². The van der Waals surface area contributed by atoms with Gasteiger partial charge in [-0.15, -0.1) is 11.3 Å². The quantitative estimate of drug-likeness (QED) is 0.637. The van der Waals surface area contributed by atoms with Crippen molar-refractivity contribution >= 4 is 34.1 Å². The molecule has 1 atom stereocenters. The van der Waals surface area contributed by atoms with E-state index >= 15 is 0 Å². The van der Waals surface area contributed by atoms with Crippen LogP contribution in [0.4, 0.5) is 5.00 Å². The molecule has 0 spiro atoms. The summed E-state index contributed by atoms with van der Waals surface area (Å²) < 4.78 is 4.67. The molecule has 0 bridgehead atoms. The predicted octanol–water partition coefficient (Wildman–Crippen LogP) is 0.573. The lowest BCUT2D eigenvalue weighted by molar-refractivity contribution is -0.144. The highest BCUT2D eigenvalue weighted by molar-refractivity contribution is 7.14. The topological polar surface area (TPSA) is 111 Å². The van der Waals surface area contributed by atoms with Crippen LogP contribution in [0, 0.1) is 5.92 Å². The van der Waals surface area contributed by atoms with Gasteiger partial charge in [0.2, 0.25) is 5.91 Å². The molecule has 1 aromatic rings. The summed E-state index contributed by atoms with van der Waals surface area (Å²) in [4.78, 5) is 34.6. The summed E-state index contributed by atoms with van der Waals surface area (Å²) in [5, 5.41) is 7.48. The molecule has 1 rings (SSSR count). The van der Waals surface area contributed by atoms with Gasteiger partial charge in [-0.1, -0.05) is 13.8 Å². The van der Waals surface area contributed by atoms with Crippen molar-refractivity contribution in [1.82, 2.24) is 5.32 Å². The van der Waals surface area contributed by atoms with Gasteiger partial charge in [-0.2, -0.15) is 0 Å². The van der Waals surface area contributed by atoms with E-state index in [0.29, 0.717) is 5.00 Å². The van der Waals surface area contributed by atoms with Gasteiger partial charge in [0.25, 0.3) is 5.91 Å². The van der Waals surface area contributed by atoms with Gasteiger partial charge in [0, 0.05) is 0 Å². The van der Waals surface area contributed by atoms with Crippen molar-refractivity contribution in [3.63, 3.8) is 0 Å². The fourth-order valence-electron chi connectivity index (χ4n) is 1.69. The largest absolute Gasteiger partial charge is 0.468 e. The second-order valence-electron chi connectivity index (χ2n) is 4.70. The number of amides is 2. The Kier molecular flexibility index (Phi) is 6.32. The Hall–Kier alpha value is -1.93. The number of rotatable bonds is 7. The van der Waals surface area contributed by atoms with Crippen LogP contribution in [0.1, 0.15) is 24.2 Å². The SMILES string of the molecule is COC(=O)C(NCC(=O)Nc1sccc1C(N)=O)C(C)C. The molecular weight excluding hydrogens is 294 g/mol. The number of carbonyl (C=O) groups excluding carboxylic acids is 3. The minimum atomic E-state index is -0.603. The number of methoxy groups -OCH3 is 1. The second kappa shape index (κ2) is 7.75. The maximum absolute atomic E-state index is 11.9. The Labute approximate surface area is 126 Å². The Morgan fingerprint density at radius 2 is 2.05 bits per heavy atom. The van der Waals surface area contributed by atoms with E-state index in [2.05, 4.69) is 15.4 Å². The molecule has 0 saturated carbocycles. The van der Waals surface area contributed by atoms with Gasteiger partial charge < -0.3 is 15.8 Å². The molecule has 116 valence electrons.